The fourth-order valence-electron chi connectivity index (χ4n) is 0.565. The minimum atomic E-state index is -1.22. The molecule has 0 aromatic rings. The molecule has 10 heteroatoms. The summed E-state index contributed by atoms with van der Waals surface area (Å²) in [5.74, 6) is 0. The van der Waals surface area contributed by atoms with E-state index in [-0.39, 0.29) is 15.9 Å². The lowest BCUT2D eigenvalue weighted by molar-refractivity contribution is 0.146. The van der Waals surface area contributed by atoms with Crippen LogP contribution in [-0.4, -0.2) is 45.1 Å². The molecule has 0 aromatic heterocycles. The van der Waals surface area contributed by atoms with Gasteiger partial charge in [-0.25, -0.2) is 0 Å². The Kier molecular flexibility index (Phi) is 7.20. The Morgan fingerprint density at radius 2 is 1.88 bits per heavy atom. The molecule has 90 valence electrons. The summed E-state index contributed by atoms with van der Waals surface area (Å²) < 4.78 is 0. The molecule has 0 radical (unpaired) electrons. The number of rotatable bonds is 5. The zero-order chi connectivity index (χ0) is 12.6. The van der Waals surface area contributed by atoms with E-state index in [0.717, 1.165) is 6.21 Å². The van der Waals surface area contributed by atoms with Crippen molar-refractivity contribution in [3.63, 3.8) is 0 Å². The first kappa shape index (κ1) is 14.6. The van der Waals surface area contributed by atoms with Crippen molar-refractivity contribution in [1.82, 2.24) is 10.9 Å². The molecule has 1 atom stereocenters. The Labute approximate surface area is 102 Å². The van der Waals surface area contributed by atoms with E-state index in [4.69, 9.17) is 16.6 Å². The maximum atomic E-state index is 9.31. The molecule has 0 aliphatic carbocycles. The third-order valence-electron chi connectivity index (χ3n) is 1.18. The molecule has 0 aromatic carbocycles. The predicted octanol–water partition coefficient (Wildman–Crippen LogP) is -2.65. The Bertz CT molecular complexity index is 318. The van der Waals surface area contributed by atoms with Gasteiger partial charge in [-0.15, -0.1) is 0 Å². The van der Waals surface area contributed by atoms with Gasteiger partial charge in [0.15, 0.2) is 10.2 Å². The van der Waals surface area contributed by atoms with E-state index in [1.165, 1.54) is 0 Å². The lowest BCUT2D eigenvalue weighted by Crippen LogP contribution is -2.33. The van der Waals surface area contributed by atoms with E-state index in [1.54, 1.807) is 0 Å². The van der Waals surface area contributed by atoms with Gasteiger partial charge in [-0.3, -0.25) is 10.9 Å². The first-order valence-electron chi connectivity index (χ1n) is 3.97. The monoisotopic (exact) mass is 264 g/mol. The summed E-state index contributed by atoms with van der Waals surface area (Å²) in [6.45, 7) is -0.531. The highest BCUT2D eigenvalue weighted by atomic mass is 32.1. The highest BCUT2D eigenvalue weighted by molar-refractivity contribution is 7.80. The molecule has 0 amide bonds. The number of nitrogens with one attached hydrogen (secondary N) is 2. The predicted molar refractivity (Wildman–Crippen MR) is 68.9 cm³/mol. The summed E-state index contributed by atoms with van der Waals surface area (Å²) in [6, 6.07) is 0. The molecule has 0 aliphatic heterocycles. The van der Waals surface area contributed by atoms with E-state index in [0.29, 0.717) is 0 Å². The van der Waals surface area contributed by atoms with Gasteiger partial charge in [0.25, 0.3) is 0 Å². The summed E-state index contributed by atoms with van der Waals surface area (Å²) in [5, 5.41) is 25.1. The van der Waals surface area contributed by atoms with Gasteiger partial charge in [-0.1, -0.05) is 0 Å². The number of hydrogen-bond acceptors (Lipinski definition) is 6. The number of aliphatic hydroxyl groups excluding tert-OH is 2. The summed E-state index contributed by atoms with van der Waals surface area (Å²) in [5.41, 5.74) is 14.7. The minimum absolute atomic E-state index is 0.0130. The van der Waals surface area contributed by atoms with Gasteiger partial charge < -0.3 is 21.7 Å². The molecule has 0 spiro atoms. The molecule has 0 saturated carbocycles. The smallest absolute Gasteiger partial charge is 0.184 e. The van der Waals surface area contributed by atoms with Crippen molar-refractivity contribution in [3.05, 3.63) is 0 Å². The van der Waals surface area contributed by atoms with Gasteiger partial charge in [0.2, 0.25) is 0 Å². The van der Waals surface area contributed by atoms with E-state index in [9.17, 15) is 5.11 Å². The van der Waals surface area contributed by atoms with Crippen LogP contribution in [0.15, 0.2) is 10.2 Å². The summed E-state index contributed by atoms with van der Waals surface area (Å²) >= 11 is 9.00. The zero-order valence-electron chi connectivity index (χ0n) is 8.12. The van der Waals surface area contributed by atoms with Crippen molar-refractivity contribution in [2.45, 2.75) is 6.10 Å². The van der Waals surface area contributed by atoms with Crippen LogP contribution in [0, 0.1) is 0 Å². The Balaban J connectivity index is 4.54. The van der Waals surface area contributed by atoms with E-state index < -0.39 is 12.7 Å². The highest BCUT2D eigenvalue weighted by Gasteiger charge is 2.09. The molecule has 0 aliphatic rings. The summed E-state index contributed by atoms with van der Waals surface area (Å²) in [4.78, 5) is 0. The van der Waals surface area contributed by atoms with Crippen LogP contribution in [0.25, 0.3) is 0 Å². The SMILES string of the molecule is NC(=S)NN=CC(=NNC(N)=S)[C@H](O)CO. The molecule has 0 saturated heterocycles. The molecule has 16 heavy (non-hydrogen) atoms. The molecular formula is C6H12N6O2S2. The molecule has 0 heterocycles. The number of nitrogens with zero attached hydrogens (tertiary/aromatic N) is 2. The van der Waals surface area contributed by atoms with Crippen molar-refractivity contribution in [2.75, 3.05) is 6.61 Å². The minimum Gasteiger partial charge on any atom is -0.393 e. The third-order valence-corrected chi connectivity index (χ3v) is 1.36. The van der Waals surface area contributed by atoms with Crippen LogP contribution in [0.4, 0.5) is 0 Å². The standard InChI is InChI=1S/C6H12N6O2S2/c7-5(15)11-9-1-3(4(14)2-13)10-12-6(8)16/h1,4,13-14H,2H2,(H3,7,11,15)(H3,8,12,16)/t4-/m1/s1. The van der Waals surface area contributed by atoms with Crippen LogP contribution in [0.1, 0.15) is 0 Å². The van der Waals surface area contributed by atoms with Crippen LogP contribution >= 0.6 is 24.4 Å². The van der Waals surface area contributed by atoms with Crippen LogP contribution in [0.3, 0.4) is 0 Å². The Morgan fingerprint density at radius 1 is 1.31 bits per heavy atom. The fourth-order valence-corrected chi connectivity index (χ4v) is 0.663. The zero-order valence-corrected chi connectivity index (χ0v) is 9.75. The number of aliphatic hydroxyl groups is 2. The largest absolute Gasteiger partial charge is 0.393 e. The second kappa shape index (κ2) is 7.87. The van der Waals surface area contributed by atoms with Crippen molar-refractivity contribution >= 4 is 46.6 Å². The van der Waals surface area contributed by atoms with Gasteiger partial charge in [-0.2, -0.15) is 10.2 Å². The van der Waals surface area contributed by atoms with Gasteiger partial charge in [0, 0.05) is 0 Å². The Hall–Kier alpha value is -1.36. The Morgan fingerprint density at radius 3 is 2.31 bits per heavy atom. The van der Waals surface area contributed by atoms with Gasteiger partial charge in [0.05, 0.1) is 12.8 Å². The van der Waals surface area contributed by atoms with Crippen molar-refractivity contribution < 1.29 is 10.2 Å². The molecule has 8 nitrogen and oxygen atoms in total. The fraction of sp³-hybridized carbons (Fsp3) is 0.333. The van der Waals surface area contributed by atoms with Crippen LogP contribution in [0.2, 0.25) is 0 Å². The highest BCUT2D eigenvalue weighted by Crippen LogP contribution is 1.85. The molecule has 8 N–H and O–H groups in total. The van der Waals surface area contributed by atoms with E-state index in [1.807, 2.05) is 0 Å². The van der Waals surface area contributed by atoms with Gasteiger partial charge in [-0.05, 0) is 24.4 Å². The molecule has 0 fully saturated rings. The van der Waals surface area contributed by atoms with Crippen LogP contribution < -0.4 is 22.3 Å². The van der Waals surface area contributed by atoms with Crippen LogP contribution in [-0.2, 0) is 0 Å². The average Bonchev–Trinajstić information content (AvgIpc) is 2.21. The number of hydrogen-bond donors (Lipinski definition) is 6. The van der Waals surface area contributed by atoms with Crippen molar-refractivity contribution in [2.24, 2.45) is 21.7 Å². The number of nitrogens with two attached hydrogens (primary N) is 2. The average molecular weight is 264 g/mol. The quantitative estimate of drug-likeness (QED) is 0.180. The lowest BCUT2D eigenvalue weighted by Gasteiger charge is -2.06. The number of hydrazone groups is 2. The van der Waals surface area contributed by atoms with E-state index >= 15 is 0 Å². The van der Waals surface area contributed by atoms with Gasteiger partial charge in [0.1, 0.15) is 11.8 Å². The lowest BCUT2D eigenvalue weighted by atomic mass is 10.2. The summed E-state index contributed by atoms with van der Waals surface area (Å²) in [7, 11) is 0. The molecule has 0 rings (SSSR count). The van der Waals surface area contributed by atoms with E-state index in [2.05, 4.69) is 45.5 Å². The maximum absolute atomic E-state index is 9.31. The van der Waals surface area contributed by atoms with Crippen LogP contribution in [0.5, 0.6) is 0 Å². The molecule has 0 unspecified atom stereocenters. The second-order valence-corrected chi connectivity index (χ2v) is 3.33. The molecular weight excluding hydrogens is 252 g/mol. The first-order chi connectivity index (χ1) is 7.47. The first-order valence-corrected chi connectivity index (χ1v) is 4.79. The topological polar surface area (TPSA) is 141 Å². The maximum Gasteiger partial charge on any atom is 0.184 e. The van der Waals surface area contributed by atoms with Crippen molar-refractivity contribution in [3.8, 4) is 0 Å². The second-order valence-electron chi connectivity index (χ2n) is 2.45. The number of thiocarbonyl (C=S) groups is 2. The third kappa shape index (κ3) is 7.00. The molecule has 0 bridgehead atoms. The summed E-state index contributed by atoms with van der Waals surface area (Å²) in [6.07, 6.45) is -0.107. The van der Waals surface area contributed by atoms with Gasteiger partial charge >= 0.3 is 0 Å². The normalized spacial score (nSPS) is 13.5. The van der Waals surface area contributed by atoms with Crippen molar-refractivity contribution in [1.29, 1.82) is 0 Å².